The summed E-state index contributed by atoms with van der Waals surface area (Å²) in [6.07, 6.45) is 8.17. The van der Waals surface area contributed by atoms with E-state index < -0.39 is 17.7 Å². The maximum absolute atomic E-state index is 13.1. The summed E-state index contributed by atoms with van der Waals surface area (Å²) in [5.41, 5.74) is 5.48. The van der Waals surface area contributed by atoms with Gasteiger partial charge in [-0.2, -0.15) is 0 Å². The Morgan fingerprint density at radius 2 is 1.69 bits per heavy atom. The molecule has 0 radical (unpaired) electrons. The Hall–Kier alpha value is -2.88. The smallest absolute Gasteiger partial charge is 0.295 e. The van der Waals surface area contributed by atoms with Crippen LogP contribution in [0.4, 0.5) is 0 Å². The van der Waals surface area contributed by atoms with E-state index in [-0.39, 0.29) is 11.3 Å². The van der Waals surface area contributed by atoms with E-state index in [2.05, 4.69) is 19.9 Å². The Kier molecular flexibility index (Phi) is 6.78. The third kappa shape index (κ3) is 4.23. The minimum atomic E-state index is -0.582. The van der Waals surface area contributed by atoms with Gasteiger partial charge in [-0.3, -0.25) is 9.59 Å². The molecule has 2 aromatic rings. The van der Waals surface area contributed by atoms with Crippen molar-refractivity contribution in [2.75, 3.05) is 6.54 Å². The standard InChI is InChI=1S/C28H33NO3/c1-3-5-8-17-29-25(21-13-11-19(4-2)12-14-21)24(27(31)28(29)32)26(30)23-16-15-20-9-6-7-10-22(20)18-23/h11-16,18,25,30H,3-10,17H2,1-2H3/b26-24-. The summed E-state index contributed by atoms with van der Waals surface area (Å²) >= 11 is 0. The highest BCUT2D eigenvalue weighted by molar-refractivity contribution is 6.46. The number of fused-ring (bicyclic) bond motifs is 1. The van der Waals surface area contributed by atoms with E-state index in [1.807, 2.05) is 36.4 Å². The van der Waals surface area contributed by atoms with Crippen molar-refractivity contribution in [3.63, 3.8) is 0 Å². The van der Waals surface area contributed by atoms with Crippen molar-refractivity contribution < 1.29 is 14.7 Å². The highest BCUT2D eigenvalue weighted by Gasteiger charge is 2.45. The lowest BCUT2D eigenvalue weighted by Crippen LogP contribution is -2.30. The average Bonchev–Trinajstić information content (AvgIpc) is 3.08. The van der Waals surface area contributed by atoms with Crippen molar-refractivity contribution in [2.45, 2.75) is 71.3 Å². The maximum atomic E-state index is 13.1. The van der Waals surface area contributed by atoms with Gasteiger partial charge in [0.05, 0.1) is 11.6 Å². The van der Waals surface area contributed by atoms with Gasteiger partial charge in [0.1, 0.15) is 5.76 Å². The summed E-state index contributed by atoms with van der Waals surface area (Å²) < 4.78 is 0. The van der Waals surface area contributed by atoms with Gasteiger partial charge in [0.25, 0.3) is 11.7 Å². The zero-order chi connectivity index (χ0) is 22.7. The van der Waals surface area contributed by atoms with Crippen LogP contribution in [-0.2, 0) is 28.9 Å². The summed E-state index contributed by atoms with van der Waals surface area (Å²) in [6.45, 7) is 4.73. The summed E-state index contributed by atoms with van der Waals surface area (Å²) in [4.78, 5) is 27.8. The van der Waals surface area contributed by atoms with Gasteiger partial charge < -0.3 is 10.0 Å². The van der Waals surface area contributed by atoms with Crippen molar-refractivity contribution in [2.24, 2.45) is 0 Å². The van der Waals surface area contributed by atoms with Crippen LogP contribution in [0.15, 0.2) is 48.0 Å². The second-order valence-electron chi connectivity index (χ2n) is 8.99. The van der Waals surface area contributed by atoms with Crippen LogP contribution in [0.1, 0.15) is 79.8 Å². The molecule has 1 heterocycles. The number of aliphatic hydroxyl groups excluding tert-OH is 1. The van der Waals surface area contributed by atoms with Crippen LogP contribution in [0.3, 0.4) is 0 Å². The number of rotatable bonds is 7. The van der Waals surface area contributed by atoms with Gasteiger partial charge in [-0.15, -0.1) is 0 Å². The molecule has 0 aromatic heterocycles. The molecule has 1 N–H and O–H groups in total. The van der Waals surface area contributed by atoms with Crippen LogP contribution in [0, 0.1) is 0 Å². The number of aryl methyl sites for hydroxylation is 3. The molecule has 32 heavy (non-hydrogen) atoms. The molecule has 4 heteroatoms. The minimum Gasteiger partial charge on any atom is -0.507 e. The highest BCUT2D eigenvalue weighted by atomic mass is 16.3. The van der Waals surface area contributed by atoms with Crippen LogP contribution in [0.25, 0.3) is 5.76 Å². The van der Waals surface area contributed by atoms with Crippen molar-refractivity contribution >= 4 is 17.4 Å². The average molecular weight is 432 g/mol. The Balaban J connectivity index is 1.79. The normalized spacial score (nSPS) is 19.9. The van der Waals surface area contributed by atoms with Crippen LogP contribution >= 0.6 is 0 Å². The summed E-state index contributed by atoms with van der Waals surface area (Å²) in [7, 11) is 0. The number of unbranched alkanes of at least 4 members (excludes halogenated alkanes) is 2. The van der Waals surface area contributed by atoms with Gasteiger partial charge in [-0.25, -0.2) is 0 Å². The molecule has 1 fully saturated rings. The SMILES string of the molecule is CCCCCN1C(=O)C(=O)/C(=C(\O)c2ccc3c(c2)CCCC3)C1c1ccc(CC)cc1. The Morgan fingerprint density at radius 3 is 2.38 bits per heavy atom. The number of hydrogen-bond acceptors (Lipinski definition) is 3. The lowest BCUT2D eigenvalue weighted by atomic mass is 9.88. The quantitative estimate of drug-likeness (QED) is 0.263. The number of ketones is 1. The van der Waals surface area contributed by atoms with Crippen molar-refractivity contribution in [3.05, 3.63) is 75.9 Å². The first-order chi connectivity index (χ1) is 15.5. The van der Waals surface area contributed by atoms with Crippen LogP contribution < -0.4 is 0 Å². The molecule has 1 saturated heterocycles. The first kappa shape index (κ1) is 22.3. The fourth-order valence-corrected chi connectivity index (χ4v) is 4.96. The molecule has 4 rings (SSSR count). The molecule has 2 aliphatic rings. The van der Waals surface area contributed by atoms with Crippen LogP contribution in [0.5, 0.6) is 0 Å². The van der Waals surface area contributed by atoms with Gasteiger partial charge in [0.15, 0.2) is 0 Å². The molecule has 1 aliphatic carbocycles. The highest BCUT2D eigenvalue weighted by Crippen LogP contribution is 2.40. The molecule has 1 atom stereocenters. The maximum Gasteiger partial charge on any atom is 0.295 e. The number of Topliss-reactive ketones (excluding diaryl/α,β-unsaturated/α-hetero) is 1. The molecule has 0 spiro atoms. The predicted octanol–water partition coefficient (Wildman–Crippen LogP) is 5.74. The zero-order valence-corrected chi connectivity index (χ0v) is 19.2. The first-order valence-electron chi connectivity index (χ1n) is 12.0. The van der Waals surface area contributed by atoms with E-state index in [0.717, 1.165) is 50.5 Å². The summed E-state index contributed by atoms with van der Waals surface area (Å²) in [6, 6.07) is 13.5. The lowest BCUT2D eigenvalue weighted by Gasteiger charge is -2.25. The Labute approximate surface area is 191 Å². The van der Waals surface area contributed by atoms with Crippen molar-refractivity contribution in [1.29, 1.82) is 0 Å². The molecular formula is C28H33NO3. The van der Waals surface area contributed by atoms with E-state index in [9.17, 15) is 14.7 Å². The second kappa shape index (κ2) is 9.72. The molecule has 1 amide bonds. The van der Waals surface area contributed by atoms with E-state index in [1.54, 1.807) is 4.90 Å². The fraction of sp³-hybridized carbons (Fsp3) is 0.429. The van der Waals surface area contributed by atoms with Gasteiger partial charge in [0, 0.05) is 12.1 Å². The predicted molar refractivity (Wildman–Crippen MR) is 127 cm³/mol. The third-order valence-electron chi connectivity index (χ3n) is 6.87. The summed E-state index contributed by atoms with van der Waals surface area (Å²) in [5.74, 6) is -1.15. The number of likely N-dealkylation sites (tertiary alicyclic amines) is 1. The third-order valence-corrected chi connectivity index (χ3v) is 6.87. The Bertz CT molecular complexity index is 1040. The van der Waals surface area contributed by atoms with E-state index in [4.69, 9.17) is 0 Å². The molecule has 2 aromatic carbocycles. The number of hydrogen-bond donors (Lipinski definition) is 1. The molecule has 4 nitrogen and oxygen atoms in total. The Morgan fingerprint density at radius 1 is 0.969 bits per heavy atom. The summed E-state index contributed by atoms with van der Waals surface area (Å²) in [5, 5.41) is 11.3. The minimum absolute atomic E-state index is 0.0562. The van der Waals surface area contributed by atoms with Gasteiger partial charge >= 0.3 is 0 Å². The first-order valence-corrected chi connectivity index (χ1v) is 12.0. The van der Waals surface area contributed by atoms with Gasteiger partial charge in [0.2, 0.25) is 0 Å². The number of aliphatic hydroxyl groups is 1. The molecule has 0 saturated carbocycles. The van der Waals surface area contributed by atoms with E-state index in [0.29, 0.717) is 12.1 Å². The molecule has 168 valence electrons. The van der Waals surface area contributed by atoms with Crippen LogP contribution in [0.2, 0.25) is 0 Å². The number of benzene rings is 2. The second-order valence-corrected chi connectivity index (χ2v) is 8.99. The topological polar surface area (TPSA) is 57.6 Å². The largest absolute Gasteiger partial charge is 0.507 e. The molecule has 0 bridgehead atoms. The molecule has 1 aliphatic heterocycles. The number of nitrogens with zero attached hydrogens (tertiary/aromatic N) is 1. The monoisotopic (exact) mass is 431 g/mol. The van der Waals surface area contributed by atoms with Crippen molar-refractivity contribution in [1.82, 2.24) is 4.90 Å². The van der Waals surface area contributed by atoms with Crippen molar-refractivity contribution in [3.8, 4) is 0 Å². The van der Waals surface area contributed by atoms with Gasteiger partial charge in [-0.1, -0.05) is 63.1 Å². The molecule has 1 unspecified atom stereocenters. The molecular weight excluding hydrogens is 398 g/mol. The van der Waals surface area contributed by atoms with E-state index >= 15 is 0 Å². The zero-order valence-electron chi connectivity index (χ0n) is 19.2. The number of amides is 1. The van der Waals surface area contributed by atoms with Crippen LogP contribution in [-0.4, -0.2) is 28.2 Å². The number of carbonyl (C=O) groups is 2. The van der Waals surface area contributed by atoms with Gasteiger partial charge in [-0.05, 0) is 66.8 Å². The fourth-order valence-electron chi connectivity index (χ4n) is 4.96. The number of carbonyl (C=O) groups excluding carboxylic acids is 2. The van der Waals surface area contributed by atoms with E-state index in [1.165, 1.54) is 23.1 Å². The lowest BCUT2D eigenvalue weighted by molar-refractivity contribution is -0.139.